The Kier molecular flexibility index (Phi) is 4.26. The summed E-state index contributed by atoms with van der Waals surface area (Å²) in [4.78, 5) is 11.1. The van der Waals surface area contributed by atoms with E-state index < -0.39 is 0 Å². The molecule has 1 N–H and O–H groups in total. The van der Waals surface area contributed by atoms with Gasteiger partial charge in [-0.25, -0.2) is 0 Å². The van der Waals surface area contributed by atoms with E-state index in [1.807, 2.05) is 6.92 Å². The van der Waals surface area contributed by atoms with Crippen LogP contribution < -0.4 is 5.32 Å². The first-order chi connectivity index (χ1) is 6.24. The maximum absolute atomic E-state index is 11.1. The zero-order chi connectivity index (χ0) is 9.68. The van der Waals surface area contributed by atoms with E-state index in [2.05, 4.69) is 12.2 Å². The number of amides is 1. The SMILES string of the molecule is CCC(=O)NCC1CCCCC1C. The van der Waals surface area contributed by atoms with E-state index in [0.717, 1.165) is 18.4 Å². The Morgan fingerprint density at radius 1 is 1.38 bits per heavy atom. The van der Waals surface area contributed by atoms with Crippen LogP contribution in [0, 0.1) is 11.8 Å². The van der Waals surface area contributed by atoms with Gasteiger partial charge in [0.1, 0.15) is 0 Å². The van der Waals surface area contributed by atoms with Crippen LogP contribution in [0.25, 0.3) is 0 Å². The highest BCUT2D eigenvalue weighted by atomic mass is 16.1. The average Bonchev–Trinajstić information content (AvgIpc) is 2.16. The Hall–Kier alpha value is -0.530. The molecule has 0 radical (unpaired) electrons. The first kappa shape index (κ1) is 10.6. The van der Waals surface area contributed by atoms with Crippen molar-refractivity contribution in [3.63, 3.8) is 0 Å². The molecular weight excluding hydrogens is 162 g/mol. The molecule has 1 amide bonds. The molecule has 0 aromatic carbocycles. The van der Waals surface area contributed by atoms with Crippen molar-refractivity contribution in [1.29, 1.82) is 0 Å². The molecule has 0 aromatic rings. The van der Waals surface area contributed by atoms with Crippen molar-refractivity contribution in [2.24, 2.45) is 11.8 Å². The zero-order valence-corrected chi connectivity index (χ0v) is 8.81. The summed E-state index contributed by atoms with van der Waals surface area (Å²) in [5, 5.41) is 2.99. The fraction of sp³-hybridized carbons (Fsp3) is 0.909. The van der Waals surface area contributed by atoms with E-state index in [4.69, 9.17) is 0 Å². The van der Waals surface area contributed by atoms with Crippen LogP contribution in [-0.2, 0) is 4.79 Å². The molecule has 0 aromatic heterocycles. The van der Waals surface area contributed by atoms with Gasteiger partial charge in [0.25, 0.3) is 0 Å². The Morgan fingerprint density at radius 2 is 2.08 bits per heavy atom. The Balaban J connectivity index is 2.22. The molecule has 1 aliphatic carbocycles. The van der Waals surface area contributed by atoms with Crippen LogP contribution >= 0.6 is 0 Å². The molecule has 1 fully saturated rings. The lowest BCUT2D eigenvalue weighted by molar-refractivity contribution is -0.121. The predicted molar refractivity (Wildman–Crippen MR) is 54.4 cm³/mol. The molecule has 2 atom stereocenters. The quantitative estimate of drug-likeness (QED) is 0.715. The molecule has 2 heteroatoms. The Bertz CT molecular complexity index is 167. The molecular formula is C11H21NO. The van der Waals surface area contributed by atoms with Crippen molar-refractivity contribution in [2.45, 2.75) is 46.0 Å². The van der Waals surface area contributed by atoms with Gasteiger partial charge in [-0.3, -0.25) is 4.79 Å². The molecule has 0 saturated heterocycles. The molecule has 0 heterocycles. The van der Waals surface area contributed by atoms with Crippen LogP contribution in [0.3, 0.4) is 0 Å². The second kappa shape index (κ2) is 5.25. The van der Waals surface area contributed by atoms with Crippen molar-refractivity contribution in [3.8, 4) is 0 Å². The number of carbonyl (C=O) groups excluding carboxylic acids is 1. The van der Waals surface area contributed by atoms with Gasteiger partial charge in [0.15, 0.2) is 0 Å². The van der Waals surface area contributed by atoms with Gasteiger partial charge in [-0.2, -0.15) is 0 Å². The Morgan fingerprint density at radius 3 is 2.69 bits per heavy atom. The third kappa shape index (κ3) is 3.37. The van der Waals surface area contributed by atoms with Gasteiger partial charge in [0.2, 0.25) is 5.91 Å². The third-order valence-electron chi connectivity index (χ3n) is 3.17. The van der Waals surface area contributed by atoms with E-state index in [0.29, 0.717) is 6.42 Å². The van der Waals surface area contributed by atoms with Crippen LogP contribution in [0.4, 0.5) is 0 Å². The molecule has 1 rings (SSSR count). The first-order valence-corrected chi connectivity index (χ1v) is 5.50. The van der Waals surface area contributed by atoms with Gasteiger partial charge in [-0.15, -0.1) is 0 Å². The second-order valence-corrected chi connectivity index (χ2v) is 4.18. The smallest absolute Gasteiger partial charge is 0.219 e. The van der Waals surface area contributed by atoms with Gasteiger partial charge >= 0.3 is 0 Å². The van der Waals surface area contributed by atoms with Crippen LogP contribution in [0.5, 0.6) is 0 Å². The van der Waals surface area contributed by atoms with Gasteiger partial charge < -0.3 is 5.32 Å². The summed E-state index contributed by atoms with van der Waals surface area (Å²) in [5.74, 6) is 1.72. The summed E-state index contributed by atoms with van der Waals surface area (Å²) >= 11 is 0. The molecule has 2 unspecified atom stereocenters. The third-order valence-corrected chi connectivity index (χ3v) is 3.17. The highest BCUT2D eigenvalue weighted by Crippen LogP contribution is 2.28. The van der Waals surface area contributed by atoms with Gasteiger partial charge in [-0.05, 0) is 18.3 Å². The molecule has 2 nitrogen and oxygen atoms in total. The van der Waals surface area contributed by atoms with E-state index >= 15 is 0 Å². The van der Waals surface area contributed by atoms with E-state index in [1.54, 1.807) is 0 Å². The average molecular weight is 183 g/mol. The summed E-state index contributed by atoms with van der Waals surface area (Å²) in [5.41, 5.74) is 0. The predicted octanol–water partition coefficient (Wildman–Crippen LogP) is 2.34. The monoisotopic (exact) mass is 183 g/mol. The van der Waals surface area contributed by atoms with Gasteiger partial charge in [0, 0.05) is 13.0 Å². The fourth-order valence-corrected chi connectivity index (χ4v) is 2.07. The Labute approximate surface area is 81.1 Å². The fourth-order valence-electron chi connectivity index (χ4n) is 2.07. The number of hydrogen-bond donors (Lipinski definition) is 1. The number of rotatable bonds is 3. The summed E-state index contributed by atoms with van der Waals surface area (Å²) in [6, 6.07) is 0. The minimum Gasteiger partial charge on any atom is -0.356 e. The standard InChI is InChI=1S/C11H21NO/c1-3-11(13)12-8-10-7-5-4-6-9(10)2/h9-10H,3-8H2,1-2H3,(H,12,13). The van der Waals surface area contributed by atoms with Crippen molar-refractivity contribution in [2.75, 3.05) is 6.54 Å². The molecule has 13 heavy (non-hydrogen) atoms. The molecule has 76 valence electrons. The van der Waals surface area contributed by atoms with Gasteiger partial charge in [0.05, 0.1) is 0 Å². The largest absolute Gasteiger partial charge is 0.356 e. The van der Waals surface area contributed by atoms with Crippen LogP contribution in [-0.4, -0.2) is 12.5 Å². The molecule has 1 aliphatic rings. The van der Waals surface area contributed by atoms with Crippen LogP contribution in [0.1, 0.15) is 46.0 Å². The lowest BCUT2D eigenvalue weighted by atomic mass is 9.80. The summed E-state index contributed by atoms with van der Waals surface area (Å²) in [6.45, 7) is 5.11. The van der Waals surface area contributed by atoms with Gasteiger partial charge in [-0.1, -0.05) is 33.1 Å². The second-order valence-electron chi connectivity index (χ2n) is 4.18. The van der Waals surface area contributed by atoms with E-state index in [1.165, 1.54) is 25.7 Å². The van der Waals surface area contributed by atoms with Crippen LogP contribution in [0.15, 0.2) is 0 Å². The maximum atomic E-state index is 11.1. The lowest BCUT2D eigenvalue weighted by Gasteiger charge is -2.28. The van der Waals surface area contributed by atoms with Crippen molar-refractivity contribution < 1.29 is 4.79 Å². The topological polar surface area (TPSA) is 29.1 Å². The normalized spacial score (nSPS) is 28.5. The summed E-state index contributed by atoms with van der Waals surface area (Å²) < 4.78 is 0. The minimum absolute atomic E-state index is 0.192. The maximum Gasteiger partial charge on any atom is 0.219 e. The number of carbonyl (C=O) groups is 1. The highest BCUT2D eigenvalue weighted by molar-refractivity contribution is 5.75. The molecule has 0 bridgehead atoms. The van der Waals surface area contributed by atoms with Crippen molar-refractivity contribution in [3.05, 3.63) is 0 Å². The van der Waals surface area contributed by atoms with E-state index in [9.17, 15) is 4.79 Å². The molecule has 0 spiro atoms. The van der Waals surface area contributed by atoms with Crippen molar-refractivity contribution >= 4 is 5.91 Å². The molecule has 1 saturated carbocycles. The number of hydrogen-bond acceptors (Lipinski definition) is 1. The van der Waals surface area contributed by atoms with Crippen molar-refractivity contribution in [1.82, 2.24) is 5.32 Å². The van der Waals surface area contributed by atoms with E-state index in [-0.39, 0.29) is 5.91 Å². The molecule has 0 aliphatic heterocycles. The minimum atomic E-state index is 0.192. The highest BCUT2D eigenvalue weighted by Gasteiger charge is 2.21. The van der Waals surface area contributed by atoms with Crippen LogP contribution in [0.2, 0.25) is 0 Å². The first-order valence-electron chi connectivity index (χ1n) is 5.50. The lowest BCUT2D eigenvalue weighted by Crippen LogP contribution is -2.32. The summed E-state index contributed by atoms with van der Waals surface area (Å²) in [6.07, 6.45) is 5.97. The zero-order valence-electron chi connectivity index (χ0n) is 8.81. The number of nitrogens with one attached hydrogen (secondary N) is 1. The summed E-state index contributed by atoms with van der Waals surface area (Å²) in [7, 11) is 0.